The fraction of sp³-hybridized carbons (Fsp3) is 0.154. The van der Waals surface area contributed by atoms with Crippen LogP contribution < -0.4 is 5.62 Å². The largest absolute Gasteiger partial charge is 0.301 e. The highest BCUT2D eigenvalue weighted by molar-refractivity contribution is 6.30. The Morgan fingerprint density at radius 3 is 2.35 bits per heavy atom. The number of benzene rings is 3. The highest BCUT2D eigenvalue weighted by Gasteiger charge is 2.16. The number of hydrogen-bond acceptors (Lipinski definition) is 2. The van der Waals surface area contributed by atoms with E-state index in [0.717, 1.165) is 45.0 Å². The van der Waals surface area contributed by atoms with Crippen LogP contribution in [0.1, 0.15) is 25.1 Å². The highest BCUT2D eigenvalue weighted by Crippen LogP contribution is 2.25. The molecule has 154 valence electrons. The highest BCUT2D eigenvalue weighted by atomic mass is 35.5. The Morgan fingerprint density at radius 2 is 1.61 bits per heavy atom. The third kappa shape index (κ3) is 3.75. The van der Waals surface area contributed by atoms with Crippen molar-refractivity contribution < 1.29 is 0 Å². The van der Waals surface area contributed by atoms with Crippen LogP contribution in [0.3, 0.4) is 0 Å². The number of nitrogens with zero attached hydrogens (tertiary/aromatic N) is 4. The number of para-hydroxylation sites is 1. The smallest absolute Gasteiger partial charge is 0.231 e. The van der Waals surface area contributed by atoms with E-state index in [1.54, 1.807) is 0 Å². The van der Waals surface area contributed by atoms with Gasteiger partial charge < -0.3 is 4.57 Å². The monoisotopic (exact) mass is 426 g/mol. The van der Waals surface area contributed by atoms with E-state index in [2.05, 4.69) is 65.4 Å². The second-order valence-corrected chi connectivity index (χ2v) is 8.38. The van der Waals surface area contributed by atoms with Crippen LogP contribution in [-0.2, 0) is 6.42 Å². The quantitative estimate of drug-likeness (QED) is 0.356. The van der Waals surface area contributed by atoms with E-state index in [-0.39, 0.29) is 6.04 Å². The van der Waals surface area contributed by atoms with Gasteiger partial charge in [0.2, 0.25) is 5.62 Å². The first-order valence-electron chi connectivity index (χ1n) is 10.5. The maximum absolute atomic E-state index is 6.17. The van der Waals surface area contributed by atoms with Crippen LogP contribution in [0.4, 0.5) is 0 Å². The van der Waals surface area contributed by atoms with Gasteiger partial charge in [-0.2, -0.15) is 0 Å². The molecular weight excluding hydrogens is 404 g/mol. The molecule has 0 radical (unpaired) electrons. The molecule has 4 nitrogen and oxygen atoms in total. The fourth-order valence-corrected chi connectivity index (χ4v) is 4.07. The Labute approximate surface area is 186 Å². The fourth-order valence-electron chi connectivity index (χ4n) is 3.95. The van der Waals surface area contributed by atoms with E-state index < -0.39 is 0 Å². The molecule has 0 aliphatic carbocycles. The Bertz CT molecular complexity index is 1430. The minimum absolute atomic E-state index is 0.132. The zero-order chi connectivity index (χ0) is 21.4. The van der Waals surface area contributed by atoms with Gasteiger partial charge in [-0.15, -0.1) is 0 Å². The summed E-state index contributed by atoms with van der Waals surface area (Å²) >= 11 is 6.17. The summed E-state index contributed by atoms with van der Waals surface area (Å²) in [7, 11) is 0. The number of halogens is 1. The van der Waals surface area contributed by atoms with Crippen LogP contribution in [0.2, 0.25) is 5.02 Å². The van der Waals surface area contributed by atoms with Gasteiger partial charge in [-0.25, -0.2) is 9.98 Å². The molecule has 0 aliphatic rings. The van der Waals surface area contributed by atoms with Gasteiger partial charge in [0, 0.05) is 40.4 Å². The molecule has 0 saturated heterocycles. The third-order valence-corrected chi connectivity index (χ3v) is 5.53. The molecule has 5 heteroatoms. The molecule has 5 aromatic rings. The molecule has 5 rings (SSSR count). The normalized spacial score (nSPS) is 12.3. The molecule has 3 aromatic carbocycles. The SMILES string of the molecule is CC(C)N=c1nc2ccccc2c2n(-c3ccc(Cl)cc3)cc(Cc3ccccc3)n12. The summed E-state index contributed by atoms with van der Waals surface area (Å²) in [5.74, 6) is 0. The van der Waals surface area contributed by atoms with Crippen LogP contribution in [-0.4, -0.2) is 20.0 Å². The van der Waals surface area contributed by atoms with Crippen LogP contribution in [0.25, 0.3) is 22.2 Å². The van der Waals surface area contributed by atoms with Gasteiger partial charge >= 0.3 is 0 Å². The van der Waals surface area contributed by atoms with E-state index in [1.165, 1.54) is 5.56 Å². The lowest BCUT2D eigenvalue weighted by Gasteiger charge is -2.09. The van der Waals surface area contributed by atoms with Gasteiger partial charge in [-0.1, -0.05) is 54.1 Å². The first kappa shape index (κ1) is 19.6. The lowest BCUT2D eigenvalue weighted by atomic mass is 10.1. The standard InChI is InChI=1S/C26H23ClN4/c1-18(2)28-26-29-24-11-7-6-10-23(24)25-30(21-14-12-20(27)13-15-21)17-22(31(25)26)16-19-8-4-3-5-9-19/h3-15,17-18H,16H2,1-2H3. The number of hydrogen-bond donors (Lipinski definition) is 0. The summed E-state index contributed by atoms with van der Waals surface area (Å²) in [6.07, 6.45) is 2.97. The minimum atomic E-state index is 0.132. The molecule has 0 aliphatic heterocycles. The van der Waals surface area contributed by atoms with Crippen molar-refractivity contribution in [3.8, 4) is 5.69 Å². The second-order valence-electron chi connectivity index (χ2n) is 7.94. The lowest BCUT2D eigenvalue weighted by Crippen LogP contribution is -2.23. The first-order chi connectivity index (χ1) is 15.1. The molecular formula is C26H23ClN4. The first-order valence-corrected chi connectivity index (χ1v) is 10.8. The van der Waals surface area contributed by atoms with Crippen LogP contribution in [0, 0.1) is 0 Å². The summed E-state index contributed by atoms with van der Waals surface area (Å²) < 4.78 is 4.42. The molecule has 0 N–H and O–H groups in total. The van der Waals surface area contributed by atoms with Crippen molar-refractivity contribution in [2.75, 3.05) is 0 Å². The van der Waals surface area contributed by atoms with E-state index >= 15 is 0 Å². The van der Waals surface area contributed by atoms with Crippen molar-refractivity contribution in [2.24, 2.45) is 4.99 Å². The Morgan fingerprint density at radius 1 is 0.903 bits per heavy atom. The Balaban J connectivity index is 1.90. The van der Waals surface area contributed by atoms with Gasteiger partial charge in [0.15, 0.2) is 0 Å². The Hall–Kier alpha value is -3.37. The molecule has 0 amide bonds. The van der Waals surface area contributed by atoms with Crippen molar-refractivity contribution in [2.45, 2.75) is 26.3 Å². The van der Waals surface area contributed by atoms with Gasteiger partial charge in [0.1, 0.15) is 5.65 Å². The zero-order valence-electron chi connectivity index (χ0n) is 17.5. The van der Waals surface area contributed by atoms with E-state index in [1.807, 2.05) is 42.5 Å². The molecule has 2 heterocycles. The molecule has 0 spiro atoms. The molecule has 0 saturated carbocycles. The number of rotatable bonds is 4. The molecule has 0 fully saturated rings. The molecule has 0 atom stereocenters. The Kier molecular flexibility index (Phi) is 5.08. The van der Waals surface area contributed by atoms with E-state index in [4.69, 9.17) is 21.6 Å². The molecule has 2 aromatic heterocycles. The maximum atomic E-state index is 6.17. The minimum Gasteiger partial charge on any atom is -0.301 e. The van der Waals surface area contributed by atoms with Gasteiger partial charge in [-0.05, 0) is 55.8 Å². The number of imidazole rings is 1. The van der Waals surface area contributed by atoms with Crippen LogP contribution >= 0.6 is 11.6 Å². The van der Waals surface area contributed by atoms with Crippen molar-refractivity contribution in [3.63, 3.8) is 0 Å². The van der Waals surface area contributed by atoms with Gasteiger partial charge in [0.05, 0.1) is 5.52 Å². The van der Waals surface area contributed by atoms with Crippen molar-refractivity contribution in [3.05, 3.63) is 107 Å². The summed E-state index contributed by atoms with van der Waals surface area (Å²) in [5.41, 5.74) is 6.14. The molecule has 31 heavy (non-hydrogen) atoms. The summed E-state index contributed by atoms with van der Waals surface area (Å²) in [6.45, 7) is 4.16. The molecule has 0 bridgehead atoms. The third-order valence-electron chi connectivity index (χ3n) is 5.28. The molecule has 0 unspecified atom stereocenters. The average Bonchev–Trinajstić information content (AvgIpc) is 3.14. The predicted molar refractivity (Wildman–Crippen MR) is 127 cm³/mol. The van der Waals surface area contributed by atoms with Crippen molar-refractivity contribution >= 4 is 28.2 Å². The number of fused-ring (bicyclic) bond motifs is 3. The topological polar surface area (TPSA) is 34.6 Å². The average molecular weight is 427 g/mol. The zero-order valence-corrected chi connectivity index (χ0v) is 18.3. The van der Waals surface area contributed by atoms with E-state index in [0.29, 0.717) is 0 Å². The lowest BCUT2D eigenvalue weighted by molar-refractivity contribution is 0.754. The second kappa shape index (κ2) is 8.05. The van der Waals surface area contributed by atoms with Crippen molar-refractivity contribution in [1.82, 2.24) is 14.0 Å². The van der Waals surface area contributed by atoms with Crippen LogP contribution in [0.5, 0.6) is 0 Å². The number of aromatic nitrogens is 3. The summed E-state index contributed by atoms with van der Waals surface area (Å²) in [4.78, 5) is 9.81. The van der Waals surface area contributed by atoms with E-state index in [9.17, 15) is 0 Å². The van der Waals surface area contributed by atoms with Gasteiger partial charge in [0.25, 0.3) is 0 Å². The van der Waals surface area contributed by atoms with Gasteiger partial charge in [-0.3, -0.25) is 4.40 Å². The predicted octanol–water partition coefficient (Wildman–Crippen LogP) is 5.83. The summed E-state index contributed by atoms with van der Waals surface area (Å²) in [6, 6.07) is 26.8. The van der Waals surface area contributed by atoms with Crippen molar-refractivity contribution in [1.29, 1.82) is 0 Å². The maximum Gasteiger partial charge on any atom is 0.231 e. The van der Waals surface area contributed by atoms with Crippen LogP contribution in [0.15, 0.2) is 90.1 Å². The summed E-state index contributed by atoms with van der Waals surface area (Å²) in [5, 5.41) is 1.80.